The first-order chi connectivity index (χ1) is 7.22. The average Bonchev–Trinajstić information content (AvgIpc) is 3.04. The van der Waals surface area contributed by atoms with Gasteiger partial charge >= 0.3 is 5.97 Å². The number of methoxy groups -OCH3 is 1. The minimum Gasteiger partial charge on any atom is -0.469 e. The second kappa shape index (κ2) is 4.18. The van der Waals surface area contributed by atoms with Crippen LogP contribution < -0.4 is 5.32 Å². The summed E-state index contributed by atoms with van der Waals surface area (Å²) in [7, 11) is 1.34. The van der Waals surface area contributed by atoms with Crippen LogP contribution in [0, 0.1) is 0 Å². The number of hydrogen-bond donors (Lipinski definition) is 1. The van der Waals surface area contributed by atoms with E-state index in [9.17, 15) is 9.59 Å². The number of carbonyl (C=O) groups excluding carboxylic acids is 2. The van der Waals surface area contributed by atoms with Crippen LogP contribution in [-0.2, 0) is 14.3 Å². The van der Waals surface area contributed by atoms with E-state index in [1.54, 1.807) is 0 Å². The normalized spacial score (nSPS) is 26.6. The molecule has 0 spiro atoms. The molecule has 1 unspecified atom stereocenters. The summed E-state index contributed by atoms with van der Waals surface area (Å²) in [4.78, 5) is 24.9. The Hall–Kier alpha value is -1.10. The van der Waals surface area contributed by atoms with Crippen molar-refractivity contribution in [3.8, 4) is 0 Å². The van der Waals surface area contributed by atoms with Crippen molar-refractivity contribution in [2.75, 3.05) is 20.2 Å². The van der Waals surface area contributed by atoms with E-state index in [0.717, 1.165) is 25.9 Å². The second-order valence-electron chi connectivity index (χ2n) is 4.05. The van der Waals surface area contributed by atoms with Crippen molar-refractivity contribution in [2.24, 2.45) is 0 Å². The number of nitrogens with zero attached hydrogens (tertiary/aromatic N) is 1. The van der Waals surface area contributed by atoms with E-state index in [1.807, 2.05) is 4.90 Å². The summed E-state index contributed by atoms with van der Waals surface area (Å²) < 4.78 is 4.56. The molecule has 1 aliphatic heterocycles. The van der Waals surface area contributed by atoms with Crippen molar-refractivity contribution < 1.29 is 14.3 Å². The Morgan fingerprint density at radius 1 is 1.60 bits per heavy atom. The Morgan fingerprint density at radius 3 is 2.93 bits per heavy atom. The molecule has 15 heavy (non-hydrogen) atoms. The molecule has 1 aliphatic carbocycles. The zero-order valence-corrected chi connectivity index (χ0v) is 8.86. The van der Waals surface area contributed by atoms with Crippen LogP contribution in [0.25, 0.3) is 0 Å². The van der Waals surface area contributed by atoms with Crippen LogP contribution >= 0.6 is 0 Å². The molecule has 2 fully saturated rings. The molecule has 0 aromatic heterocycles. The molecule has 1 heterocycles. The number of esters is 1. The Kier molecular flexibility index (Phi) is 2.90. The van der Waals surface area contributed by atoms with Crippen molar-refractivity contribution >= 4 is 11.9 Å². The largest absolute Gasteiger partial charge is 0.469 e. The minimum absolute atomic E-state index is 0.0501. The van der Waals surface area contributed by atoms with Crippen LogP contribution in [0.4, 0.5) is 0 Å². The van der Waals surface area contributed by atoms with Crippen molar-refractivity contribution in [2.45, 2.75) is 31.3 Å². The molecule has 0 aromatic carbocycles. The summed E-state index contributed by atoms with van der Waals surface area (Å²) in [6.45, 7) is 1.53. The summed E-state index contributed by atoms with van der Waals surface area (Å²) in [6, 6.07) is 0.0477. The van der Waals surface area contributed by atoms with Gasteiger partial charge < -0.3 is 15.0 Å². The Morgan fingerprint density at radius 2 is 2.33 bits per heavy atom. The van der Waals surface area contributed by atoms with Gasteiger partial charge in [0.2, 0.25) is 5.91 Å². The molecule has 0 aromatic rings. The monoisotopic (exact) mass is 212 g/mol. The zero-order chi connectivity index (χ0) is 10.8. The fourth-order valence-corrected chi connectivity index (χ4v) is 1.92. The van der Waals surface area contributed by atoms with Crippen LogP contribution in [0.5, 0.6) is 0 Å². The van der Waals surface area contributed by atoms with E-state index in [0.29, 0.717) is 6.04 Å². The summed E-state index contributed by atoms with van der Waals surface area (Å²) in [5.74, 6) is -0.285. The fourth-order valence-electron chi connectivity index (χ4n) is 1.92. The number of nitrogens with one attached hydrogen (secondary N) is 1. The van der Waals surface area contributed by atoms with Crippen molar-refractivity contribution in [1.29, 1.82) is 0 Å². The third-order valence-electron chi connectivity index (χ3n) is 2.91. The van der Waals surface area contributed by atoms with Crippen LogP contribution in [0.3, 0.4) is 0 Å². The standard InChI is InChI=1S/C10H16N2O3/c1-15-9(13)6-8-10(14)12(5-4-11-8)7-2-3-7/h7-8,11H,2-6H2,1H3. The van der Waals surface area contributed by atoms with Gasteiger partial charge in [-0.2, -0.15) is 0 Å². The number of amides is 1. The molecule has 5 nitrogen and oxygen atoms in total. The number of carbonyl (C=O) groups is 2. The molecule has 2 aliphatic rings. The highest BCUT2D eigenvalue weighted by molar-refractivity contribution is 5.87. The molecular formula is C10H16N2O3. The first-order valence-corrected chi connectivity index (χ1v) is 5.33. The first-order valence-electron chi connectivity index (χ1n) is 5.33. The number of piperazine rings is 1. The summed E-state index contributed by atoms with van der Waals surface area (Å²) in [6.07, 6.45) is 2.35. The van der Waals surface area contributed by atoms with Gasteiger partial charge in [-0.25, -0.2) is 0 Å². The molecule has 1 saturated carbocycles. The first kappa shape index (κ1) is 10.4. The maximum atomic E-state index is 11.9. The maximum absolute atomic E-state index is 11.9. The van der Waals surface area contributed by atoms with Crippen LogP contribution in [-0.4, -0.2) is 49.1 Å². The maximum Gasteiger partial charge on any atom is 0.307 e. The summed E-state index contributed by atoms with van der Waals surface area (Å²) in [5.41, 5.74) is 0. The molecule has 0 radical (unpaired) electrons. The third-order valence-corrected chi connectivity index (χ3v) is 2.91. The summed E-state index contributed by atoms with van der Waals surface area (Å²) in [5, 5.41) is 3.05. The Bertz CT molecular complexity index is 276. The topological polar surface area (TPSA) is 58.6 Å². The molecule has 0 bridgehead atoms. The predicted molar refractivity (Wildman–Crippen MR) is 53.2 cm³/mol. The van der Waals surface area contributed by atoms with Crippen molar-refractivity contribution in [3.63, 3.8) is 0 Å². The molecule has 1 saturated heterocycles. The number of hydrogen-bond acceptors (Lipinski definition) is 4. The zero-order valence-electron chi connectivity index (χ0n) is 8.86. The van der Waals surface area contributed by atoms with Crippen LogP contribution in [0.15, 0.2) is 0 Å². The lowest BCUT2D eigenvalue weighted by Crippen LogP contribution is -2.56. The van der Waals surface area contributed by atoms with Crippen LogP contribution in [0.1, 0.15) is 19.3 Å². The van der Waals surface area contributed by atoms with Gasteiger partial charge in [0.15, 0.2) is 0 Å². The van der Waals surface area contributed by atoms with Gasteiger partial charge in [-0.05, 0) is 12.8 Å². The smallest absolute Gasteiger partial charge is 0.307 e. The van der Waals surface area contributed by atoms with Gasteiger partial charge in [0.05, 0.1) is 19.6 Å². The lowest BCUT2D eigenvalue weighted by Gasteiger charge is -2.32. The van der Waals surface area contributed by atoms with E-state index in [1.165, 1.54) is 7.11 Å². The van der Waals surface area contributed by atoms with Gasteiger partial charge in [0, 0.05) is 19.1 Å². The SMILES string of the molecule is COC(=O)CC1NCCN(C2CC2)C1=O. The van der Waals surface area contributed by atoms with Crippen molar-refractivity contribution in [1.82, 2.24) is 10.2 Å². The van der Waals surface area contributed by atoms with E-state index in [-0.39, 0.29) is 24.3 Å². The molecule has 5 heteroatoms. The van der Waals surface area contributed by atoms with E-state index in [4.69, 9.17) is 0 Å². The molecular weight excluding hydrogens is 196 g/mol. The van der Waals surface area contributed by atoms with E-state index >= 15 is 0 Å². The molecule has 84 valence electrons. The van der Waals surface area contributed by atoms with Gasteiger partial charge in [0.1, 0.15) is 0 Å². The highest BCUT2D eigenvalue weighted by Gasteiger charge is 2.38. The van der Waals surface area contributed by atoms with Gasteiger partial charge in [-0.15, -0.1) is 0 Å². The predicted octanol–water partition coefficient (Wildman–Crippen LogP) is -0.488. The quantitative estimate of drug-likeness (QED) is 0.641. The lowest BCUT2D eigenvalue weighted by atomic mass is 10.1. The highest BCUT2D eigenvalue weighted by atomic mass is 16.5. The highest BCUT2D eigenvalue weighted by Crippen LogP contribution is 2.28. The number of rotatable bonds is 3. The minimum atomic E-state index is -0.383. The van der Waals surface area contributed by atoms with E-state index < -0.39 is 0 Å². The van der Waals surface area contributed by atoms with Crippen molar-refractivity contribution in [3.05, 3.63) is 0 Å². The van der Waals surface area contributed by atoms with Gasteiger partial charge in [0.25, 0.3) is 0 Å². The Labute approximate surface area is 88.8 Å². The number of ether oxygens (including phenoxy) is 1. The average molecular weight is 212 g/mol. The molecule has 1 amide bonds. The third kappa shape index (κ3) is 2.28. The lowest BCUT2D eigenvalue weighted by molar-refractivity contribution is -0.146. The summed E-state index contributed by atoms with van der Waals surface area (Å²) >= 11 is 0. The van der Waals surface area contributed by atoms with Gasteiger partial charge in [-0.1, -0.05) is 0 Å². The molecule has 1 N–H and O–H groups in total. The van der Waals surface area contributed by atoms with Gasteiger partial charge in [-0.3, -0.25) is 9.59 Å². The van der Waals surface area contributed by atoms with E-state index in [2.05, 4.69) is 10.1 Å². The van der Waals surface area contributed by atoms with Crippen LogP contribution in [0.2, 0.25) is 0 Å². The molecule has 1 atom stereocenters. The second-order valence-corrected chi connectivity index (χ2v) is 4.05. The molecule has 2 rings (SSSR count). The fraction of sp³-hybridized carbons (Fsp3) is 0.800. The Balaban J connectivity index is 1.93.